The molecule has 0 saturated heterocycles. The van der Waals surface area contributed by atoms with Crippen molar-refractivity contribution in [3.8, 4) is 5.75 Å². The lowest BCUT2D eigenvalue weighted by Crippen LogP contribution is -2.21. The lowest BCUT2D eigenvalue weighted by atomic mass is 10.2. The average molecular weight is 230 g/mol. The summed E-state index contributed by atoms with van der Waals surface area (Å²) in [5.41, 5.74) is 2.07. The third kappa shape index (κ3) is 3.61. The van der Waals surface area contributed by atoms with Gasteiger partial charge in [-0.1, -0.05) is 0 Å². The molecule has 0 heterocycles. The van der Waals surface area contributed by atoms with Crippen molar-refractivity contribution in [1.82, 2.24) is 0 Å². The Morgan fingerprint density at radius 2 is 2.27 bits per heavy atom. The zero-order chi connectivity index (χ0) is 11.3. The molecule has 1 rings (SSSR count). The van der Waals surface area contributed by atoms with Gasteiger partial charge < -0.3 is 15.2 Å². The predicted molar refractivity (Wildman–Crippen MR) is 62.9 cm³/mol. The molecule has 1 aromatic rings. The Morgan fingerprint density at radius 1 is 1.53 bits per heavy atom. The van der Waals surface area contributed by atoms with E-state index in [1.165, 1.54) is 0 Å². The fourth-order valence-corrected chi connectivity index (χ4v) is 1.35. The van der Waals surface area contributed by atoms with E-state index in [9.17, 15) is 5.11 Å². The second-order valence-electron chi connectivity index (χ2n) is 3.37. The van der Waals surface area contributed by atoms with Crippen molar-refractivity contribution >= 4 is 17.3 Å². The maximum atomic E-state index is 9.29. The molecule has 3 nitrogen and oxygen atoms in total. The molecule has 0 aliphatic rings. The molecule has 4 heteroatoms. The number of anilines is 1. The number of halogens is 1. The molecule has 0 fully saturated rings. The van der Waals surface area contributed by atoms with Crippen LogP contribution in [0.5, 0.6) is 5.75 Å². The monoisotopic (exact) mass is 229 g/mol. The Balaban J connectivity index is 2.62. The lowest BCUT2D eigenvalue weighted by molar-refractivity contribution is 0.211. The van der Waals surface area contributed by atoms with Gasteiger partial charge >= 0.3 is 0 Å². The van der Waals surface area contributed by atoms with Crippen LogP contribution in [0.15, 0.2) is 18.2 Å². The maximum Gasteiger partial charge on any atom is 0.119 e. The van der Waals surface area contributed by atoms with E-state index in [-0.39, 0.29) is 5.88 Å². The number of nitrogens with one attached hydrogen (secondary N) is 1. The Kier molecular flexibility index (Phi) is 4.72. The van der Waals surface area contributed by atoms with E-state index in [0.29, 0.717) is 6.54 Å². The SMILES string of the molecule is COc1ccc(NC[C@H](O)CCl)c(C)c1. The van der Waals surface area contributed by atoms with E-state index < -0.39 is 6.10 Å². The van der Waals surface area contributed by atoms with Crippen LogP contribution < -0.4 is 10.1 Å². The molecule has 1 atom stereocenters. The number of aliphatic hydroxyl groups excluding tert-OH is 1. The fourth-order valence-electron chi connectivity index (χ4n) is 1.24. The molecule has 0 aromatic heterocycles. The average Bonchev–Trinajstić information content (AvgIpc) is 2.26. The van der Waals surface area contributed by atoms with Crippen LogP contribution in [0.25, 0.3) is 0 Å². The van der Waals surface area contributed by atoms with Gasteiger partial charge in [-0.2, -0.15) is 0 Å². The van der Waals surface area contributed by atoms with Crippen LogP contribution in [0.4, 0.5) is 5.69 Å². The Labute approximate surface area is 95.0 Å². The Bertz CT molecular complexity index is 317. The zero-order valence-electron chi connectivity index (χ0n) is 8.96. The van der Waals surface area contributed by atoms with Gasteiger partial charge in [0.15, 0.2) is 0 Å². The number of hydrogen-bond donors (Lipinski definition) is 2. The largest absolute Gasteiger partial charge is 0.497 e. The summed E-state index contributed by atoms with van der Waals surface area (Å²) in [7, 11) is 1.64. The van der Waals surface area contributed by atoms with Crippen LogP contribution >= 0.6 is 11.6 Å². The molecule has 0 aliphatic carbocycles. The Hall–Kier alpha value is -0.930. The van der Waals surface area contributed by atoms with E-state index in [4.69, 9.17) is 16.3 Å². The van der Waals surface area contributed by atoms with Crippen LogP contribution in [0, 0.1) is 6.92 Å². The summed E-state index contributed by atoms with van der Waals surface area (Å²) in [4.78, 5) is 0. The first kappa shape index (κ1) is 12.1. The number of ether oxygens (including phenoxy) is 1. The van der Waals surface area contributed by atoms with Crippen molar-refractivity contribution < 1.29 is 9.84 Å². The smallest absolute Gasteiger partial charge is 0.119 e. The first-order valence-corrected chi connectivity index (χ1v) is 5.33. The van der Waals surface area contributed by atoms with Gasteiger partial charge in [0.05, 0.1) is 19.1 Å². The summed E-state index contributed by atoms with van der Waals surface area (Å²) < 4.78 is 5.10. The minimum absolute atomic E-state index is 0.238. The number of methoxy groups -OCH3 is 1. The van der Waals surface area contributed by atoms with E-state index in [2.05, 4.69) is 5.32 Å². The van der Waals surface area contributed by atoms with Crippen molar-refractivity contribution in [3.05, 3.63) is 23.8 Å². The van der Waals surface area contributed by atoms with Gasteiger partial charge in [-0.05, 0) is 30.7 Å². The molecule has 0 saturated carbocycles. The Morgan fingerprint density at radius 3 is 2.80 bits per heavy atom. The quantitative estimate of drug-likeness (QED) is 0.759. The van der Waals surface area contributed by atoms with Gasteiger partial charge in [0.2, 0.25) is 0 Å². The highest BCUT2D eigenvalue weighted by Crippen LogP contribution is 2.20. The van der Waals surface area contributed by atoms with E-state index in [0.717, 1.165) is 17.0 Å². The summed E-state index contributed by atoms with van der Waals surface area (Å²) in [5.74, 6) is 1.07. The molecular formula is C11H16ClNO2. The first-order chi connectivity index (χ1) is 7.17. The minimum atomic E-state index is -0.520. The fraction of sp³-hybridized carbons (Fsp3) is 0.455. The number of alkyl halides is 1. The van der Waals surface area contributed by atoms with Gasteiger partial charge in [-0.3, -0.25) is 0 Å². The predicted octanol–water partition coefficient (Wildman–Crippen LogP) is 2.02. The molecule has 0 radical (unpaired) electrons. The van der Waals surface area contributed by atoms with Crippen LogP contribution in [-0.4, -0.2) is 30.7 Å². The van der Waals surface area contributed by atoms with Crippen LogP contribution in [0.1, 0.15) is 5.56 Å². The maximum absolute atomic E-state index is 9.29. The molecule has 2 N–H and O–H groups in total. The van der Waals surface area contributed by atoms with Gasteiger partial charge in [-0.15, -0.1) is 11.6 Å². The van der Waals surface area contributed by atoms with Crippen LogP contribution in [0.3, 0.4) is 0 Å². The van der Waals surface area contributed by atoms with Gasteiger partial charge in [0.25, 0.3) is 0 Å². The van der Waals surface area contributed by atoms with Crippen molar-refractivity contribution in [2.75, 3.05) is 24.9 Å². The van der Waals surface area contributed by atoms with Gasteiger partial charge in [0.1, 0.15) is 5.75 Å². The summed E-state index contributed by atoms with van der Waals surface area (Å²) in [6.45, 7) is 2.44. The van der Waals surface area contributed by atoms with Crippen molar-refractivity contribution in [1.29, 1.82) is 0 Å². The topological polar surface area (TPSA) is 41.5 Å². The number of rotatable bonds is 5. The molecule has 0 bridgehead atoms. The van der Waals surface area contributed by atoms with E-state index in [1.54, 1.807) is 7.11 Å². The summed E-state index contributed by atoms with van der Waals surface area (Å²) in [5, 5.41) is 12.4. The molecule has 0 aliphatic heterocycles. The molecule has 15 heavy (non-hydrogen) atoms. The van der Waals surface area contributed by atoms with Crippen LogP contribution in [0.2, 0.25) is 0 Å². The number of hydrogen-bond acceptors (Lipinski definition) is 3. The molecule has 84 valence electrons. The second kappa shape index (κ2) is 5.83. The number of aliphatic hydroxyl groups is 1. The van der Waals surface area contributed by atoms with Gasteiger partial charge in [-0.25, -0.2) is 0 Å². The molecule has 1 aromatic carbocycles. The molecular weight excluding hydrogens is 214 g/mol. The summed E-state index contributed by atoms with van der Waals surface area (Å²) >= 11 is 5.50. The lowest BCUT2D eigenvalue weighted by Gasteiger charge is -2.13. The molecule has 0 spiro atoms. The molecule has 0 unspecified atom stereocenters. The molecule has 0 amide bonds. The third-order valence-corrected chi connectivity index (χ3v) is 2.50. The number of benzene rings is 1. The van der Waals surface area contributed by atoms with Crippen molar-refractivity contribution in [3.63, 3.8) is 0 Å². The second-order valence-corrected chi connectivity index (χ2v) is 3.68. The standard InChI is InChI=1S/C11H16ClNO2/c1-8-5-10(15-2)3-4-11(8)13-7-9(14)6-12/h3-5,9,13-14H,6-7H2,1-2H3/t9-/m1/s1. The van der Waals surface area contributed by atoms with Crippen molar-refractivity contribution in [2.45, 2.75) is 13.0 Å². The normalized spacial score (nSPS) is 12.3. The minimum Gasteiger partial charge on any atom is -0.497 e. The third-order valence-electron chi connectivity index (χ3n) is 2.14. The van der Waals surface area contributed by atoms with E-state index in [1.807, 2.05) is 25.1 Å². The van der Waals surface area contributed by atoms with Crippen molar-refractivity contribution in [2.24, 2.45) is 0 Å². The van der Waals surface area contributed by atoms with E-state index >= 15 is 0 Å². The van der Waals surface area contributed by atoms with Gasteiger partial charge in [0, 0.05) is 12.2 Å². The van der Waals surface area contributed by atoms with Crippen LogP contribution in [-0.2, 0) is 0 Å². The zero-order valence-corrected chi connectivity index (χ0v) is 9.71. The highest BCUT2D eigenvalue weighted by molar-refractivity contribution is 6.18. The highest BCUT2D eigenvalue weighted by Gasteiger charge is 2.03. The summed E-state index contributed by atoms with van der Waals surface area (Å²) in [6.07, 6.45) is -0.520. The first-order valence-electron chi connectivity index (χ1n) is 4.80. The summed E-state index contributed by atoms with van der Waals surface area (Å²) in [6, 6.07) is 5.74. The number of aryl methyl sites for hydroxylation is 1. The highest BCUT2D eigenvalue weighted by atomic mass is 35.5.